The van der Waals surface area contributed by atoms with Crippen LogP contribution in [0, 0.1) is 0 Å². The predicted molar refractivity (Wildman–Crippen MR) is 301 cm³/mol. The largest absolute Gasteiger partial charge is 0.494 e. The van der Waals surface area contributed by atoms with Gasteiger partial charge in [-0.15, -0.1) is 0 Å². The monoisotopic (exact) mass is 918 g/mol. The summed E-state index contributed by atoms with van der Waals surface area (Å²) in [5.74, 6) is 1.82. The number of fused-ring (bicyclic) bond motifs is 3. The van der Waals surface area contributed by atoms with Gasteiger partial charge in [-0.3, -0.25) is 0 Å². The molecule has 2 heteroatoms. The zero-order valence-corrected chi connectivity index (χ0v) is 40.9. The van der Waals surface area contributed by atoms with Gasteiger partial charge in [-0.2, -0.15) is 0 Å². The molecule has 346 valence electrons. The topological polar surface area (TPSA) is 18.5 Å². The van der Waals surface area contributed by atoms with Crippen molar-refractivity contribution in [3.63, 3.8) is 0 Å². The molecule has 1 aliphatic rings. The molecule has 0 saturated heterocycles. The van der Waals surface area contributed by atoms with Crippen molar-refractivity contribution >= 4 is 64.6 Å². The maximum atomic E-state index is 6.44. The molecular formula is C69H58O2. The fourth-order valence-electron chi connectivity index (χ4n) is 12.5. The Balaban J connectivity index is 1.03. The van der Waals surface area contributed by atoms with Crippen molar-refractivity contribution in [2.75, 3.05) is 13.2 Å². The highest BCUT2D eigenvalue weighted by atomic mass is 16.5. The third-order valence-corrected chi connectivity index (χ3v) is 15.9. The normalized spacial score (nSPS) is 13.0. The molecule has 0 aromatic heterocycles. The Morgan fingerprint density at radius 2 is 0.690 bits per heavy atom. The van der Waals surface area contributed by atoms with Crippen LogP contribution in [0.25, 0.3) is 98.0 Å². The van der Waals surface area contributed by atoms with Gasteiger partial charge in [0.05, 0.1) is 18.6 Å². The lowest BCUT2D eigenvalue weighted by molar-refractivity contribution is 0.305. The zero-order chi connectivity index (χ0) is 47.5. The second kappa shape index (κ2) is 17.9. The van der Waals surface area contributed by atoms with Crippen LogP contribution in [0.5, 0.6) is 11.5 Å². The first-order chi connectivity index (χ1) is 35.1. The van der Waals surface area contributed by atoms with Gasteiger partial charge in [-0.25, -0.2) is 0 Å². The Hall–Kier alpha value is -7.68. The molecule has 0 N–H and O–H groups in total. The van der Waals surface area contributed by atoms with E-state index < -0.39 is 5.41 Å². The molecule has 0 radical (unpaired) electrons. The first kappa shape index (κ1) is 43.3. The summed E-state index contributed by atoms with van der Waals surface area (Å²) in [4.78, 5) is 0. The minimum Gasteiger partial charge on any atom is -0.494 e. The summed E-state index contributed by atoms with van der Waals surface area (Å²) < 4.78 is 12.9. The van der Waals surface area contributed by atoms with Gasteiger partial charge in [-0.1, -0.05) is 210 Å². The third kappa shape index (κ3) is 7.13. The molecule has 0 bridgehead atoms. The SMILES string of the molecule is CCCCCCOc1ccc(C2(c3ccc(OCCCCCC)cc3)c3cc(-c4ccc5ccc6cccc7ccc4c5c67)ccc3-c3ccc(-c4ccc5ccc6cccc7ccc4c5c67)cc32)cc1. The van der Waals surface area contributed by atoms with E-state index >= 15 is 0 Å². The van der Waals surface area contributed by atoms with Crippen LogP contribution in [0.2, 0.25) is 0 Å². The summed E-state index contributed by atoms with van der Waals surface area (Å²) in [6.45, 7) is 5.96. The smallest absolute Gasteiger partial charge is 0.119 e. The number of rotatable bonds is 16. The molecule has 1 aliphatic carbocycles. The predicted octanol–water partition coefficient (Wildman–Crippen LogP) is 19.1. The maximum absolute atomic E-state index is 6.44. The van der Waals surface area contributed by atoms with Gasteiger partial charge in [-0.05, 0) is 170 Å². The van der Waals surface area contributed by atoms with Gasteiger partial charge < -0.3 is 9.47 Å². The average molecular weight is 919 g/mol. The standard InChI is InChI=1S/C69H58O2/c1-3-5-7-9-41-70-55-31-27-53(28-32-55)69(54-29-33-56(34-30-54)71-42-10-8-6-4-2)63-43-51(57-35-21-49-19-17-45-13-11-15-47-23-39-61(57)67(49)65(45)47)25-37-59(63)60-38-26-52(44-64(60)69)58-36-22-50-20-18-46-14-12-16-48-24-40-62(58)68(50)66(46)48/h11-40,43-44H,3-10,41-42H2,1-2H3. The Labute approximate surface area is 417 Å². The Morgan fingerprint density at radius 1 is 0.324 bits per heavy atom. The van der Waals surface area contributed by atoms with E-state index in [-0.39, 0.29) is 0 Å². The number of unbranched alkanes of at least 4 members (excludes halogenated alkanes) is 6. The molecule has 0 aliphatic heterocycles. The van der Waals surface area contributed by atoms with Crippen LogP contribution in [0.1, 0.15) is 87.5 Å². The van der Waals surface area contributed by atoms with E-state index in [9.17, 15) is 0 Å². The zero-order valence-electron chi connectivity index (χ0n) is 40.9. The lowest BCUT2D eigenvalue weighted by Gasteiger charge is -2.34. The summed E-state index contributed by atoms with van der Waals surface area (Å²) in [7, 11) is 0. The van der Waals surface area contributed by atoms with E-state index in [1.54, 1.807) is 0 Å². The van der Waals surface area contributed by atoms with E-state index in [0.29, 0.717) is 0 Å². The number of benzene rings is 12. The molecule has 0 spiro atoms. The van der Waals surface area contributed by atoms with Crippen LogP contribution >= 0.6 is 0 Å². The second-order valence-electron chi connectivity index (χ2n) is 20.1. The van der Waals surface area contributed by atoms with E-state index in [1.165, 1.54) is 159 Å². The van der Waals surface area contributed by atoms with Crippen molar-refractivity contribution in [1.82, 2.24) is 0 Å². The van der Waals surface area contributed by atoms with Crippen molar-refractivity contribution in [2.45, 2.75) is 70.6 Å². The number of hydrogen-bond donors (Lipinski definition) is 0. The van der Waals surface area contributed by atoms with Gasteiger partial charge in [0, 0.05) is 0 Å². The molecule has 71 heavy (non-hydrogen) atoms. The average Bonchev–Trinajstić information content (AvgIpc) is 3.72. The summed E-state index contributed by atoms with van der Waals surface area (Å²) in [6.07, 6.45) is 9.39. The quantitative estimate of drug-likeness (QED) is 0.0710. The molecule has 12 aromatic carbocycles. The Kier molecular flexibility index (Phi) is 10.9. The molecule has 2 nitrogen and oxygen atoms in total. The highest BCUT2D eigenvalue weighted by molar-refractivity contribution is 6.26. The van der Waals surface area contributed by atoms with Gasteiger partial charge in [0.15, 0.2) is 0 Å². The van der Waals surface area contributed by atoms with Gasteiger partial charge in [0.2, 0.25) is 0 Å². The first-order valence-electron chi connectivity index (χ1n) is 26.2. The van der Waals surface area contributed by atoms with Crippen molar-refractivity contribution in [2.24, 2.45) is 0 Å². The fourth-order valence-corrected chi connectivity index (χ4v) is 12.5. The summed E-state index contributed by atoms with van der Waals surface area (Å²) in [5, 5.41) is 15.6. The molecular weight excluding hydrogens is 861 g/mol. The van der Waals surface area contributed by atoms with Crippen LogP contribution in [0.3, 0.4) is 0 Å². The van der Waals surface area contributed by atoms with Crippen LogP contribution < -0.4 is 9.47 Å². The van der Waals surface area contributed by atoms with Crippen LogP contribution in [0.4, 0.5) is 0 Å². The number of ether oxygens (including phenoxy) is 2. The van der Waals surface area contributed by atoms with Crippen LogP contribution in [-0.2, 0) is 5.41 Å². The van der Waals surface area contributed by atoms with E-state index in [2.05, 4.69) is 208 Å². The molecule has 0 atom stereocenters. The van der Waals surface area contributed by atoms with E-state index in [4.69, 9.17) is 9.47 Å². The van der Waals surface area contributed by atoms with E-state index in [1.807, 2.05) is 0 Å². The van der Waals surface area contributed by atoms with Gasteiger partial charge in [0.1, 0.15) is 11.5 Å². The minimum absolute atomic E-state index is 0.677. The highest BCUT2D eigenvalue weighted by Crippen LogP contribution is 2.58. The van der Waals surface area contributed by atoms with Crippen molar-refractivity contribution in [3.05, 3.63) is 216 Å². The lowest BCUT2D eigenvalue weighted by Crippen LogP contribution is -2.28. The Morgan fingerprint density at radius 3 is 1.10 bits per heavy atom. The molecule has 12 aromatic rings. The van der Waals surface area contributed by atoms with Gasteiger partial charge in [0.25, 0.3) is 0 Å². The Bertz CT molecular complexity index is 3610. The lowest BCUT2D eigenvalue weighted by atomic mass is 9.67. The fraction of sp³-hybridized carbons (Fsp3) is 0.188. The molecule has 0 unspecified atom stereocenters. The number of hydrogen-bond acceptors (Lipinski definition) is 2. The highest BCUT2D eigenvalue weighted by Gasteiger charge is 2.47. The summed E-state index contributed by atoms with van der Waals surface area (Å²) in [5.41, 5.74) is 11.8. The summed E-state index contributed by atoms with van der Waals surface area (Å²) in [6, 6.07) is 73.9. The molecule has 0 fully saturated rings. The van der Waals surface area contributed by atoms with Crippen LogP contribution in [-0.4, -0.2) is 13.2 Å². The maximum Gasteiger partial charge on any atom is 0.119 e. The second-order valence-corrected chi connectivity index (χ2v) is 20.1. The van der Waals surface area contributed by atoms with E-state index in [0.717, 1.165) is 37.6 Å². The molecule has 0 amide bonds. The van der Waals surface area contributed by atoms with Crippen molar-refractivity contribution in [1.29, 1.82) is 0 Å². The summed E-state index contributed by atoms with van der Waals surface area (Å²) >= 11 is 0. The van der Waals surface area contributed by atoms with Gasteiger partial charge >= 0.3 is 0 Å². The first-order valence-corrected chi connectivity index (χ1v) is 26.2. The van der Waals surface area contributed by atoms with Crippen LogP contribution in [0.15, 0.2) is 194 Å². The van der Waals surface area contributed by atoms with Crippen molar-refractivity contribution in [3.8, 4) is 44.9 Å². The molecule has 0 saturated carbocycles. The molecule has 0 heterocycles. The minimum atomic E-state index is -0.677. The van der Waals surface area contributed by atoms with Crippen molar-refractivity contribution < 1.29 is 9.47 Å². The molecule has 13 rings (SSSR count). The third-order valence-electron chi connectivity index (χ3n) is 15.9.